The molecule has 0 radical (unpaired) electrons. The van der Waals surface area contributed by atoms with Gasteiger partial charge in [0.25, 0.3) is 0 Å². The van der Waals surface area contributed by atoms with Gasteiger partial charge in [0.1, 0.15) is 11.6 Å². The zero-order valence-corrected chi connectivity index (χ0v) is 20.2. The second-order valence-corrected chi connectivity index (χ2v) is 8.58. The third-order valence-corrected chi connectivity index (χ3v) is 5.87. The van der Waals surface area contributed by atoms with Crippen LogP contribution in [0.3, 0.4) is 0 Å². The summed E-state index contributed by atoms with van der Waals surface area (Å²) in [5.41, 5.74) is 4.10. The molecule has 2 heteroatoms. The Morgan fingerprint density at radius 3 is 1.53 bits per heavy atom. The predicted molar refractivity (Wildman–Crippen MR) is 138 cm³/mol. The molecule has 3 aromatic rings. The van der Waals surface area contributed by atoms with Gasteiger partial charge in [0.15, 0.2) is 0 Å². The van der Waals surface area contributed by atoms with E-state index in [-0.39, 0.29) is 11.1 Å². The van der Waals surface area contributed by atoms with Crippen LogP contribution in [0.4, 0.5) is 8.78 Å². The molecule has 3 rings (SSSR count). The first-order valence-corrected chi connectivity index (χ1v) is 12.3. The van der Waals surface area contributed by atoms with Crippen molar-refractivity contribution in [1.29, 1.82) is 0 Å². The van der Waals surface area contributed by atoms with E-state index in [4.69, 9.17) is 0 Å². The predicted octanol–water partition coefficient (Wildman–Crippen LogP) is 8.23. The van der Waals surface area contributed by atoms with Crippen molar-refractivity contribution in [3.05, 3.63) is 106 Å². The van der Waals surface area contributed by atoms with Gasteiger partial charge in [0.05, 0.1) is 11.1 Å². The number of benzene rings is 3. The molecule has 0 fully saturated rings. The highest BCUT2D eigenvalue weighted by Gasteiger charge is 2.07. The van der Waals surface area contributed by atoms with Crippen LogP contribution in [-0.4, -0.2) is 0 Å². The number of hydrogen-bond donors (Lipinski definition) is 0. The average Bonchev–Trinajstić information content (AvgIpc) is 2.86. The van der Waals surface area contributed by atoms with Crippen molar-refractivity contribution in [2.24, 2.45) is 0 Å². The standard InChI is InChI=1S/C32H32F2/c1-3-5-6-7-8-9-10-26-15-17-28(18-16-26)20-22-30-24-31(33)29(23-32(30)34)21-19-27-13-11-25(4-2)12-14-27/h11-18,23-24H,3-10H2,1-2H3. The molecule has 0 N–H and O–H groups in total. The van der Waals surface area contributed by atoms with E-state index in [0.717, 1.165) is 36.1 Å². The Balaban J connectivity index is 1.62. The fourth-order valence-corrected chi connectivity index (χ4v) is 3.71. The molecule has 0 aliphatic rings. The smallest absolute Gasteiger partial charge is 0.140 e. The van der Waals surface area contributed by atoms with Gasteiger partial charge in [0.2, 0.25) is 0 Å². The van der Waals surface area contributed by atoms with Gasteiger partial charge in [-0.25, -0.2) is 8.78 Å². The summed E-state index contributed by atoms with van der Waals surface area (Å²) < 4.78 is 29.0. The van der Waals surface area contributed by atoms with Crippen LogP contribution in [0.1, 0.15) is 85.8 Å². The van der Waals surface area contributed by atoms with E-state index in [1.54, 1.807) is 0 Å². The molecule has 0 aliphatic heterocycles. The van der Waals surface area contributed by atoms with E-state index in [9.17, 15) is 8.78 Å². The quantitative estimate of drug-likeness (QED) is 0.237. The van der Waals surface area contributed by atoms with Crippen LogP contribution in [-0.2, 0) is 12.8 Å². The Morgan fingerprint density at radius 2 is 1.03 bits per heavy atom. The summed E-state index contributed by atoms with van der Waals surface area (Å²) in [6.07, 6.45) is 9.67. The molecule has 0 saturated carbocycles. The monoisotopic (exact) mass is 454 g/mol. The molecule has 0 bridgehead atoms. The minimum absolute atomic E-state index is 0.0293. The molecule has 3 aromatic carbocycles. The Bertz CT molecular complexity index is 1180. The van der Waals surface area contributed by atoms with Crippen molar-refractivity contribution < 1.29 is 8.78 Å². The second kappa shape index (κ2) is 13.4. The van der Waals surface area contributed by atoms with E-state index >= 15 is 0 Å². The van der Waals surface area contributed by atoms with Crippen molar-refractivity contribution in [2.45, 2.75) is 65.2 Å². The first-order valence-electron chi connectivity index (χ1n) is 12.3. The van der Waals surface area contributed by atoms with Crippen LogP contribution in [0.2, 0.25) is 0 Å². The molecule has 0 spiro atoms. The van der Waals surface area contributed by atoms with Crippen LogP contribution in [0.5, 0.6) is 0 Å². The average molecular weight is 455 g/mol. The number of hydrogen-bond acceptors (Lipinski definition) is 0. The Kier molecular flexibility index (Phi) is 9.94. The van der Waals surface area contributed by atoms with Crippen LogP contribution < -0.4 is 0 Å². The largest absolute Gasteiger partial charge is 0.206 e. The van der Waals surface area contributed by atoms with Crippen molar-refractivity contribution >= 4 is 0 Å². The highest BCUT2D eigenvalue weighted by Crippen LogP contribution is 2.15. The van der Waals surface area contributed by atoms with Gasteiger partial charge >= 0.3 is 0 Å². The summed E-state index contributed by atoms with van der Waals surface area (Å²) in [4.78, 5) is 0. The van der Waals surface area contributed by atoms with Crippen LogP contribution in [0.15, 0.2) is 60.7 Å². The summed E-state index contributed by atoms with van der Waals surface area (Å²) in [6.45, 7) is 4.31. The lowest BCUT2D eigenvalue weighted by Crippen LogP contribution is -1.92. The SMILES string of the molecule is CCCCCCCCc1ccc(C#Cc2cc(F)c(C#Cc3ccc(CC)cc3)cc2F)cc1. The summed E-state index contributed by atoms with van der Waals surface area (Å²) in [7, 11) is 0. The van der Waals surface area contributed by atoms with Gasteiger partial charge in [0, 0.05) is 11.1 Å². The minimum atomic E-state index is -0.572. The maximum Gasteiger partial charge on any atom is 0.140 e. The van der Waals surface area contributed by atoms with Crippen LogP contribution >= 0.6 is 0 Å². The van der Waals surface area contributed by atoms with Gasteiger partial charge in [-0.3, -0.25) is 0 Å². The number of aryl methyl sites for hydroxylation is 2. The van der Waals surface area contributed by atoms with E-state index in [2.05, 4.69) is 49.7 Å². The van der Waals surface area contributed by atoms with Crippen molar-refractivity contribution in [3.8, 4) is 23.7 Å². The zero-order chi connectivity index (χ0) is 24.2. The Hall–Kier alpha value is -3.36. The molecule has 34 heavy (non-hydrogen) atoms. The van der Waals surface area contributed by atoms with Gasteiger partial charge in [-0.05, 0) is 66.8 Å². The van der Waals surface area contributed by atoms with E-state index in [1.165, 1.54) is 49.7 Å². The molecule has 0 atom stereocenters. The lowest BCUT2D eigenvalue weighted by molar-refractivity contribution is 0.594. The third-order valence-electron chi connectivity index (χ3n) is 5.87. The van der Waals surface area contributed by atoms with Crippen LogP contribution in [0, 0.1) is 35.3 Å². The van der Waals surface area contributed by atoms with Gasteiger partial charge < -0.3 is 0 Å². The molecule has 0 nitrogen and oxygen atoms in total. The molecule has 174 valence electrons. The highest BCUT2D eigenvalue weighted by molar-refractivity contribution is 5.49. The third kappa shape index (κ3) is 7.90. The first-order chi connectivity index (χ1) is 16.6. The Labute approximate surface area is 203 Å². The summed E-state index contributed by atoms with van der Waals surface area (Å²) in [6, 6.07) is 18.0. The van der Waals surface area contributed by atoms with Gasteiger partial charge in [-0.15, -0.1) is 0 Å². The lowest BCUT2D eigenvalue weighted by atomic mass is 10.0. The molecule has 0 aromatic heterocycles. The molecule has 0 unspecified atom stereocenters. The number of rotatable bonds is 8. The molecule has 0 aliphatic carbocycles. The number of halogens is 2. The van der Waals surface area contributed by atoms with Gasteiger partial charge in [-0.2, -0.15) is 0 Å². The van der Waals surface area contributed by atoms with Crippen molar-refractivity contribution in [1.82, 2.24) is 0 Å². The van der Waals surface area contributed by atoms with E-state index < -0.39 is 11.6 Å². The zero-order valence-electron chi connectivity index (χ0n) is 20.2. The maximum absolute atomic E-state index is 14.5. The fraction of sp³-hybridized carbons (Fsp3) is 0.312. The van der Waals surface area contributed by atoms with Gasteiger partial charge in [-0.1, -0.05) is 93.9 Å². The molecule has 0 saturated heterocycles. The molecular weight excluding hydrogens is 422 g/mol. The molecule has 0 heterocycles. The summed E-state index contributed by atoms with van der Waals surface area (Å²) in [5.74, 6) is 10.2. The second-order valence-electron chi connectivity index (χ2n) is 8.58. The molecular formula is C32H32F2. The van der Waals surface area contributed by atoms with Crippen molar-refractivity contribution in [2.75, 3.05) is 0 Å². The fourth-order valence-electron chi connectivity index (χ4n) is 3.71. The summed E-state index contributed by atoms with van der Waals surface area (Å²) >= 11 is 0. The normalized spacial score (nSPS) is 10.2. The number of unbranched alkanes of at least 4 members (excludes halogenated alkanes) is 5. The van der Waals surface area contributed by atoms with Crippen molar-refractivity contribution in [3.63, 3.8) is 0 Å². The highest BCUT2D eigenvalue weighted by atomic mass is 19.1. The van der Waals surface area contributed by atoms with Crippen LogP contribution in [0.25, 0.3) is 0 Å². The summed E-state index contributed by atoms with van der Waals surface area (Å²) in [5, 5.41) is 0. The first kappa shape index (κ1) is 25.3. The maximum atomic E-state index is 14.5. The van der Waals surface area contributed by atoms with E-state index in [1.807, 2.05) is 36.4 Å². The minimum Gasteiger partial charge on any atom is -0.206 e. The van der Waals surface area contributed by atoms with E-state index in [0.29, 0.717) is 0 Å². The molecule has 0 amide bonds. The topological polar surface area (TPSA) is 0 Å². The Morgan fingerprint density at radius 1 is 0.559 bits per heavy atom. The lowest BCUT2D eigenvalue weighted by Gasteiger charge is -2.02.